The minimum absolute atomic E-state index is 0.147. The first-order valence-electron chi connectivity index (χ1n) is 9.19. The fourth-order valence-electron chi connectivity index (χ4n) is 3.17. The van der Waals surface area contributed by atoms with E-state index in [0.717, 1.165) is 10.1 Å². The van der Waals surface area contributed by atoms with Crippen molar-refractivity contribution in [3.8, 4) is 11.6 Å². The van der Waals surface area contributed by atoms with Crippen LogP contribution in [0, 0.1) is 6.92 Å². The van der Waals surface area contributed by atoms with E-state index in [9.17, 15) is 19.5 Å². The van der Waals surface area contributed by atoms with Gasteiger partial charge in [-0.05, 0) is 44.2 Å². The highest BCUT2D eigenvalue weighted by molar-refractivity contribution is 6.32. The van der Waals surface area contributed by atoms with Crippen molar-refractivity contribution in [1.29, 1.82) is 0 Å². The van der Waals surface area contributed by atoms with E-state index in [0.29, 0.717) is 17.1 Å². The van der Waals surface area contributed by atoms with Gasteiger partial charge in [-0.1, -0.05) is 35.9 Å². The van der Waals surface area contributed by atoms with Gasteiger partial charge in [0.25, 0.3) is 11.5 Å². The summed E-state index contributed by atoms with van der Waals surface area (Å²) >= 11 is 0. The first kappa shape index (κ1) is 19.1. The van der Waals surface area contributed by atoms with E-state index in [1.54, 1.807) is 55.5 Å². The van der Waals surface area contributed by atoms with E-state index in [4.69, 9.17) is 0 Å². The number of carbonyl (C=O) groups excluding carboxylic acids is 1. The molecule has 0 fully saturated rings. The standard InChI is InChI=1S/C22H18N4O4/c1-13-8-10-15(11-9-13)25-20(28)18(19(27)23-22(25)30)12-17-14(2)24-26(21(17)29)16-6-4-3-5-7-16/h3-12,28H,1-2H3,(H,23,27,30)/b17-12-. The Morgan fingerprint density at radius 2 is 1.60 bits per heavy atom. The van der Waals surface area contributed by atoms with E-state index in [2.05, 4.69) is 10.1 Å². The summed E-state index contributed by atoms with van der Waals surface area (Å²) < 4.78 is 0.980. The lowest BCUT2D eigenvalue weighted by atomic mass is 10.1. The molecule has 0 bridgehead atoms. The van der Waals surface area contributed by atoms with Gasteiger partial charge in [-0.2, -0.15) is 10.1 Å². The molecule has 0 aliphatic carbocycles. The molecule has 3 aromatic rings. The van der Waals surface area contributed by atoms with Crippen LogP contribution in [0.5, 0.6) is 5.88 Å². The van der Waals surface area contributed by atoms with Crippen LogP contribution >= 0.6 is 0 Å². The molecule has 2 heterocycles. The van der Waals surface area contributed by atoms with Crippen LogP contribution in [-0.4, -0.2) is 26.3 Å². The van der Waals surface area contributed by atoms with Crippen molar-refractivity contribution in [2.45, 2.75) is 13.8 Å². The van der Waals surface area contributed by atoms with Gasteiger partial charge in [0.2, 0.25) is 5.88 Å². The van der Waals surface area contributed by atoms with Crippen LogP contribution in [0.25, 0.3) is 11.8 Å². The average Bonchev–Trinajstić information content (AvgIpc) is 3.01. The molecule has 30 heavy (non-hydrogen) atoms. The molecule has 1 aliphatic heterocycles. The van der Waals surface area contributed by atoms with Crippen molar-refractivity contribution in [3.05, 3.63) is 92.1 Å². The van der Waals surface area contributed by atoms with Crippen molar-refractivity contribution in [1.82, 2.24) is 9.55 Å². The number of aromatic amines is 1. The van der Waals surface area contributed by atoms with E-state index < -0.39 is 23.0 Å². The molecule has 1 amide bonds. The molecule has 8 heteroatoms. The van der Waals surface area contributed by atoms with Gasteiger partial charge in [0.15, 0.2) is 0 Å². The molecule has 150 valence electrons. The summed E-state index contributed by atoms with van der Waals surface area (Å²) in [4.78, 5) is 39.8. The zero-order valence-corrected chi connectivity index (χ0v) is 16.3. The Bertz CT molecular complexity index is 1320. The summed E-state index contributed by atoms with van der Waals surface area (Å²) in [7, 11) is 0. The average molecular weight is 402 g/mol. The Hall–Kier alpha value is -4.20. The lowest BCUT2D eigenvalue weighted by Gasteiger charge is -2.12. The second-order valence-corrected chi connectivity index (χ2v) is 6.86. The van der Waals surface area contributed by atoms with Gasteiger partial charge in [-0.25, -0.2) is 9.36 Å². The third-order valence-corrected chi connectivity index (χ3v) is 4.77. The molecular formula is C22H18N4O4. The maximum atomic E-state index is 12.9. The minimum Gasteiger partial charge on any atom is -0.494 e. The second-order valence-electron chi connectivity index (χ2n) is 6.86. The molecule has 2 N–H and O–H groups in total. The molecule has 8 nitrogen and oxygen atoms in total. The SMILES string of the molecule is CC1=NN(c2ccccc2)C(=O)/C1=C\c1c(O)n(-c2ccc(C)cc2)c(=O)[nH]c1=O. The number of nitrogens with zero attached hydrogens (tertiary/aromatic N) is 3. The van der Waals surface area contributed by atoms with Gasteiger partial charge in [-0.15, -0.1) is 0 Å². The van der Waals surface area contributed by atoms with Gasteiger partial charge >= 0.3 is 5.69 Å². The van der Waals surface area contributed by atoms with Gasteiger partial charge < -0.3 is 5.11 Å². The predicted molar refractivity (Wildman–Crippen MR) is 114 cm³/mol. The Morgan fingerprint density at radius 3 is 2.27 bits per heavy atom. The first-order chi connectivity index (χ1) is 14.4. The monoisotopic (exact) mass is 402 g/mol. The molecule has 0 atom stereocenters. The quantitative estimate of drug-likeness (QED) is 0.656. The van der Waals surface area contributed by atoms with Crippen LogP contribution < -0.4 is 16.3 Å². The second kappa shape index (κ2) is 7.32. The summed E-state index contributed by atoms with van der Waals surface area (Å²) in [5.74, 6) is -0.996. The summed E-state index contributed by atoms with van der Waals surface area (Å²) in [6.45, 7) is 3.52. The molecule has 1 aromatic heterocycles. The number of hydrogen-bond acceptors (Lipinski definition) is 5. The zero-order valence-electron chi connectivity index (χ0n) is 16.3. The van der Waals surface area contributed by atoms with Gasteiger partial charge in [0, 0.05) is 0 Å². The number of aromatic hydroxyl groups is 1. The van der Waals surface area contributed by atoms with E-state index in [1.807, 2.05) is 13.0 Å². The Labute approximate surface area is 171 Å². The number of anilines is 1. The molecule has 1 aliphatic rings. The van der Waals surface area contributed by atoms with Crippen LogP contribution in [0.1, 0.15) is 18.1 Å². The van der Waals surface area contributed by atoms with Gasteiger partial charge in [0.05, 0.1) is 22.7 Å². The molecular weight excluding hydrogens is 384 g/mol. The first-order valence-corrected chi connectivity index (χ1v) is 9.19. The molecule has 0 spiro atoms. The van der Waals surface area contributed by atoms with Crippen LogP contribution in [-0.2, 0) is 4.79 Å². The van der Waals surface area contributed by atoms with Crippen LogP contribution in [0.4, 0.5) is 5.69 Å². The molecule has 0 saturated carbocycles. The normalized spacial score (nSPS) is 15.0. The molecule has 0 unspecified atom stereocenters. The molecule has 4 rings (SSSR count). The minimum atomic E-state index is -0.799. The smallest absolute Gasteiger partial charge is 0.335 e. The largest absolute Gasteiger partial charge is 0.494 e. The Morgan fingerprint density at radius 1 is 0.933 bits per heavy atom. The summed E-state index contributed by atoms with van der Waals surface area (Å²) in [5, 5.41) is 16.2. The fraction of sp³-hybridized carbons (Fsp3) is 0.0909. The van der Waals surface area contributed by atoms with Gasteiger partial charge in [-0.3, -0.25) is 14.6 Å². The van der Waals surface area contributed by atoms with E-state index in [-0.39, 0.29) is 11.1 Å². The number of amides is 1. The molecule has 0 radical (unpaired) electrons. The number of hydrazone groups is 1. The summed E-state index contributed by atoms with van der Waals surface area (Å²) in [6, 6.07) is 15.7. The molecule has 0 saturated heterocycles. The predicted octanol–water partition coefficient (Wildman–Crippen LogP) is 2.35. The third kappa shape index (κ3) is 3.24. The number of aromatic nitrogens is 2. The maximum absolute atomic E-state index is 12.9. The molecule has 2 aromatic carbocycles. The summed E-state index contributed by atoms with van der Waals surface area (Å²) in [5.41, 5.74) is 0.681. The fourth-order valence-corrected chi connectivity index (χ4v) is 3.17. The zero-order chi connectivity index (χ0) is 21.4. The van der Waals surface area contributed by atoms with Crippen LogP contribution in [0.15, 0.2) is 74.9 Å². The van der Waals surface area contributed by atoms with Crippen LogP contribution in [0.2, 0.25) is 0 Å². The number of carbonyl (C=O) groups is 1. The maximum Gasteiger partial charge on any atom is 0.335 e. The van der Waals surface area contributed by atoms with Gasteiger partial charge in [0.1, 0.15) is 5.56 Å². The Balaban J connectivity index is 1.83. The van der Waals surface area contributed by atoms with E-state index >= 15 is 0 Å². The van der Waals surface area contributed by atoms with Crippen molar-refractivity contribution >= 4 is 23.4 Å². The highest BCUT2D eigenvalue weighted by Gasteiger charge is 2.29. The Kier molecular flexibility index (Phi) is 4.67. The number of H-pyrrole nitrogens is 1. The van der Waals surface area contributed by atoms with Crippen LogP contribution in [0.3, 0.4) is 0 Å². The van der Waals surface area contributed by atoms with Crippen molar-refractivity contribution < 1.29 is 9.90 Å². The lowest BCUT2D eigenvalue weighted by Crippen LogP contribution is -2.30. The number of rotatable bonds is 3. The number of nitrogens with one attached hydrogen (secondary N) is 1. The van der Waals surface area contributed by atoms with E-state index in [1.165, 1.54) is 11.1 Å². The number of para-hydroxylation sites is 1. The van der Waals surface area contributed by atoms with Crippen molar-refractivity contribution in [3.63, 3.8) is 0 Å². The number of hydrogen-bond donors (Lipinski definition) is 2. The number of benzene rings is 2. The summed E-state index contributed by atoms with van der Waals surface area (Å²) in [6.07, 6.45) is 1.25. The topological polar surface area (TPSA) is 108 Å². The third-order valence-electron chi connectivity index (χ3n) is 4.77. The van der Waals surface area contributed by atoms with Crippen molar-refractivity contribution in [2.75, 3.05) is 5.01 Å². The van der Waals surface area contributed by atoms with Crippen molar-refractivity contribution in [2.24, 2.45) is 5.10 Å². The highest BCUT2D eigenvalue weighted by atomic mass is 16.3. The highest BCUT2D eigenvalue weighted by Crippen LogP contribution is 2.26. The lowest BCUT2D eigenvalue weighted by molar-refractivity contribution is -0.114. The number of aryl methyl sites for hydroxylation is 1.